The molecule has 1 aliphatic carbocycles. The van der Waals surface area contributed by atoms with E-state index < -0.39 is 6.36 Å². The lowest BCUT2D eigenvalue weighted by Gasteiger charge is -2.10. The van der Waals surface area contributed by atoms with E-state index in [1.807, 2.05) is 0 Å². The van der Waals surface area contributed by atoms with Crippen LogP contribution in [-0.4, -0.2) is 12.9 Å². The van der Waals surface area contributed by atoms with Crippen molar-refractivity contribution >= 4 is 0 Å². The summed E-state index contributed by atoms with van der Waals surface area (Å²) in [6.45, 7) is 1.48. The van der Waals surface area contributed by atoms with E-state index in [1.54, 1.807) is 12.1 Å². The van der Waals surface area contributed by atoms with Crippen molar-refractivity contribution in [1.82, 2.24) is 5.32 Å². The molecule has 2 rings (SSSR count). The molecule has 0 atom stereocenters. The number of ether oxygens (including phenoxy) is 1. The number of alkyl halides is 3. The second kappa shape index (κ2) is 5.61. The van der Waals surface area contributed by atoms with Crippen LogP contribution in [-0.2, 0) is 6.54 Å². The van der Waals surface area contributed by atoms with E-state index in [2.05, 4.69) is 10.1 Å². The monoisotopic (exact) mass is 259 g/mol. The van der Waals surface area contributed by atoms with E-state index in [9.17, 15) is 13.2 Å². The van der Waals surface area contributed by atoms with Gasteiger partial charge in [-0.2, -0.15) is 0 Å². The van der Waals surface area contributed by atoms with Crippen molar-refractivity contribution in [2.45, 2.75) is 32.2 Å². The lowest BCUT2D eigenvalue weighted by Crippen LogP contribution is -2.18. The first-order valence-corrected chi connectivity index (χ1v) is 6.08. The number of nitrogens with one attached hydrogen (secondary N) is 1. The van der Waals surface area contributed by atoms with Crippen molar-refractivity contribution in [2.75, 3.05) is 6.54 Å². The molecule has 0 aromatic heterocycles. The predicted octanol–water partition coefficient (Wildman–Crippen LogP) is 3.47. The minimum absolute atomic E-state index is 0.163. The Morgan fingerprint density at radius 1 is 1.28 bits per heavy atom. The average Bonchev–Trinajstić information content (AvgIpc) is 3.06. The largest absolute Gasteiger partial charge is 0.573 e. The van der Waals surface area contributed by atoms with Crippen LogP contribution in [0.15, 0.2) is 24.3 Å². The summed E-state index contributed by atoms with van der Waals surface area (Å²) in [5, 5.41) is 3.23. The summed E-state index contributed by atoms with van der Waals surface area (Å²) in [7, 11) is 0. The molecule has 0 aliphatic heterocycles. The first kappa shape index (κ1) is 13.2. The molecule has 5 heteroatoms. The Kier molecular flexibility index (Phi) is 4.11. The Morgan fingerprint density at radius 3 is 2.72 bits per heavy atom. The van der Waals surface area contributed by atoms with Gasteiger partial charge >= 0.3 is 6.36 Å². The highest BCUT2D eigenvalue weighted by atomic mass is 19.4. The fraction of sp³-hybridized carbons (Fsp3) is 0.538. The number of halogens is 3. The van der Waals surface area contributed by atoms with Gasteiger partial charge in [-0.15, -0.1) is 13.2 Å². The molecule has 1 aromatic carbocycles. The van der Waals surface area contributed by atoms with Crippen molar-refractivity contribution in [1.29, 1.82) is 0 Å². The molecule has 0 amide bonds. The van der Waals surface area contributed by atoms with Gasteiger partial charge in [0.1, 0.15) is 5.75 Å². The van der Waals surface area contributed by atoms with Crippen LogP contribution in [0.2, 0.25) is 0 Å². The third kappa shape index (κ3) is 4.96. The average molecular weight is 259 g/mol. The summed E-state index contributed by atoms with van der Waals surface area (Å²) < 4.78 is 40.0. The Labute approximate surface area is 104 Å². The van der Waals surface area contributed by atoms with Crippen LogP contribution in [0.3, 0.4) is 0 Å². The first-order valence-electron chi connectivity index (χ1n) is 6.08. The second-order valence-corrected chi connectivity index (χ2v) is 4.60. The molecule has 1 fully saturated rings. The van der Waals surface area contributed by atoms with Crippen molar-refractivity contribution in [3.05, 3.63) is 29.8 Å². The molecular formula is C13H16F3NO. The maximum absolute atomic E-state index is 12.0. The van der Waals surface area contributed by atoms with Crippen LogP contribution in [0, 0.1) is 5.92 Å². The molecule has 18 heavy (non-hydrogen) atoms. The van der Waals surface area contributed by atoms with Crippen molar-refractivity contribution in [2.24, 2.45) is 5.92 Å². The zero-order valence-corrected chi connectivity index (χ0v) is 9.96. The van der Waals surface area contributed by atoms with Gasteiger partial charge in [0.25, 0.3) is 0 Å². The number of benzene rings is 1. The molecule has 1 aliphatic rings. The standard InChI is InChI=1S/C13H16F3NO/c14-13(15,16)18-12-3-1-2-11(8-12)9-17-7-6-10-4-5-10/h1-3,8,10,17H,4-7,9H2. The molecular weight excluding hydrogens is 243 g/mol. The van der Waals surface area contributed by atoms with E-state index in [-0.39, 0.29) is 5.75 Å². The van der Waals surface area contributed by atoms with Crippen molar-refractivity contribution < 1.29 is 17.9 Å². The highest BCUT2D eigenvalue weighted by Gasteiger charge is 2.31. The first-order chi connectivity index (χ1) is 8.53. The van der Waals surface area contributed by atoms with E-state index in [1.165, 1.54) is 25.0 Å². The maximum Gasteiger partial charge on any atom is 0.573 e. The number of rotatable bonds is 6. The summed E-state index contributed by atoms with van der Waals surface area (Å²) in [6, 6.07) is 6.07. The molecule has 1 saturated carbocycles. The molecule has 2 nitrogen and oxygen atoms in total. The van der Waals surface area contributed by atoms with Gasteiger partial charge in [0.2, 0.25) is 0 Å². The van der Waals surface area contributed by atoms with Gasteiger partial charge in [-0.05, 0) is 36.6 Å². The quantitative estimate of drug-likeness (QED) is 0.790. The van der Waals surface area contributed by atoms with Gasteiger partial charge in [0.15, 0.2) is 0 Å². The van der Waals surface area contributed by atoms with Crippen molar-refractivity contribution in [3.63, 3.8) is 0 Å². The summed E-state index contributed by atoms with van der Waals surface area (Å²) in [5.41, 5.74) is 0.799. The Bertz CT molecular complexity index is 388. The van der Waals surface area contributed by atoms with Gasteiger partial charge in [0, 0.05) is 6.54 Å². The van der Waals surface area contributed by atoms with Crippen LogP contribution in [0.1, 0.15) is 24.8 Å². The van der Waals surface area contributed by atoms with E-state index in [0.29, 0.717) is 6.54 Å². The minimum atomic E-state index is -4.63. The molecule has 0 saturated heterocycles. The summed E-state index contributed by atoms with van der Waals surface area (Å²) in [5.74, 6) is 0.696. The number of hydrogen-bond acceptors (Lipinski definition) is 2. The Balaban J connectivity index is 1.78. The number of hydrogen-bond donors (Lipinski definition) is 1. The van der Waals surface area contributed by atoms with Gasteiger partial charge in [-0.1, -0.05) is 25.0 Å². The molecule has 0 spiro atoms. The fourth-order valence-electron chi connectivity index (χ4n) is 1.80. The SMILES string of the molecule is FC(F)(F)Oc1cccc(CNCCC2CC2)c1. The van der Waals surface area contributed by atoms with Crippen LogP contribution >= 0.6 is 0 Å². The predicted molar refractivity (Wildman–Crippen MR) is 62.2 cm³/mol. The van der Waals surface area contributed by atoms with Crippen LogP contribution < -0.4 is 10.1 Å². The highest BCUT2D eigenvalue weighted by molar-refractivity contribution is 5.28. The fourth-order valence-corrected chi connectivity index (χ4v) is 1.80. The third-order valence-electron chi connectivity index (χ3n) is 2.89. The molecule has 0 bridgehead atoms. The summed E-state index contributed by atoms with van der Waals surface area (Å²) in [4.78, 5) is 0. The van der Waals surface area contributed by atoms with E-state index in [0.717, 1.165) is 24.4 Å². The van der Waals surface area contributed by atoms with Gasteiger partial charge in [0.05, 0.1) is 0 Å². The summed E-state index contributed by atoms with van der Waals surface area (Å²) >= 11 is 0. The van der Waals surface area contributed by atoms with E-state index >= 15 is 0 Å². The topological polar surface area (TPSA) is 21.3 Å². The van der Waals surface area contributed by atoms with Gasteiger partial charge < -0.3 is 10.1 Å². The van der Waals surface area contributed by atoms with Gasteiger partial charge in [-0.3, -0.25) is 0 Å². The van der Waals surface area contributed by atoms with Crippen LogP contribution in [0.4, 0.5) is 13.2 Å². The van der Waals surface area contributed by atoms with Crippen LogP contribution in [0.5, 0.6) is 5.75 Å². The zero-order chi connectivity index (χ0) is 13.0. The molecule has 1 N–H and O–H groups in total. The molecule has 100 valence electrons. The minimum Gasteiger partial charge on any atom is -0.406 e. The van der Waals surface area contributed by atoms with Crippen molar-refractivity contribution in [3.8, 4) is 5.75 Å². The maximum atomic E-state index is 12.0. The van der Waals surface area contributed by atoms with Gasteiger partial charge in [-0.25, -0.2) is 0 Å². The zero-order valence-electron chi connectivity index (χ0n) is 9.96. The van der Waals surface area contributed by atoms with E-state index in [4.69, 9.17) is 0 Å². The molecule has 1 aromatic rings. The normalized spacial score (nSPS) is 15.7. The Hall–Kier alpha value is -1.23. The lowest BCUT2D eigenvalue weighted by atomic mass is 10.2. The lowest BCUT2D eigenvalue weighted by molar-refractivity contribution is -0.274. The molecule has 0 heterocycles. The Morgan fingerprint density at radius 2 is 2.06 bits per heavy atom. The third-order valence-corrected chi connectivity index (χ3v) is 2.89. The molecule has 0 radical (unpaired) electrons. The summed E-state index contributed by atoms with van der Waals surface area (Å²) in [6.07, 6.45) is -0.843. The highest BCUT2D eigenvalue weighted by Crippen LogP contribution is 2.31. The smallest absolute Gasteiger partial charge is 0.406 e. The molecule has 0 unspecified atom stereocenters. The van der Waals surface area contributed by atoms with Crippen LogP contribution in [0.25, 0.3) is 0 Å². The second-order valence-electron chi connectivity index (χ2n) is 4.60.